The van der Waals surface area contributed by atoms with Crippen molar-refractivity contribution in [3.05, 3.63) is 89.0 Å². The van der Waals surface area contributed by atoms with Crippen LogP contribution in [0.5, 0.6) is 0 Å². The van der Waals surface area contributed by atoms with E-state index in [9.17, 15) is 29.4 Å². The number of hydrogen-bond acceptors (Lipinski definition) is 5. The Kier molecular flexibility index (Phi) is 8.03. The molecule has 3 rings (SSSR count). The van der Waals surface area contributed by atoms with E-state index in [2.05, 4.69) is 10.6 Å². The number of carbonyl (C=O) groups is 4. The smallest absolute Gasteiger partial charge is 0.336 e. The minimum absolute atomic E-state index is 0.0273. The van der Waals surface area contributed by atoms with Crippen molar-refractivity contribution >= 4 is 35.3 Å². The number of aromatic carboxylic acids is 1. The van der Waals surface area contributed by atoms with Gasteiger partial charge in [-0.3, -0.25) is 15.0 Å². The number of carboxylic acids is 2. The van der Waals surface area contributed by atoms with Gasteiger partial charge < -0.3 is 26.6 Å². The van der Waals surface area contributed by atoms with Crippen molar-refractivity contribution < 1.29 is 29.4 Å². The van der Waals surface area contributed by atoms with Gasteiger partial charge in [0.25, 0.3) is 11.8 Å². The van der Waals surface area contributed by atoms with E-state index in [1.165, 1.54) is 12.1 Å². The largest absolute Gasteiger partial charge is 0.480 e. The number of nitrogens with two attached hydrogens (primary N) is 1. The summed E-state index contributed by atoms with van der Waals surface area (Å²) in [5.74, 6) is -4.23. The maximum atomic E-state index is 13.1. The first-order valence-electron chi connectivity index (χ1n) is 11.3. The van der Waals surface area contributed by atoms with E-state index in [0.717, 1.165) is 6.07 Å². The van der Waals surface area contributed by atoms with E-state index in [1.54, 1.807) is 62.4 Å². The van der Waals surface area contributed by atoms with Crippen molar-refractivity contribution in [3.8, 4) is 11.1 Å². The lowest BCUT2D eigenvalue weighted by Gasteiger charge is -2.18. The molecule has 0 aliphatic carbocycles. The van der Waals surface area contributed by atoms with Crippen LogP contribution in [0.2, 0.25) is 0 Å². The van der Waals surface area contributed by atoms with Crippen LogP contribution in [0.15, 0.2) is 66.7 Å². The lowest BCUT2D eigenvalue weighted by atomic mass is 9.93. The van der Waals surface area contributed by atoms with E-state index in [0.29, 0.717) is 16.8 Å². The van der Waals surface area contributed by atoms with Crippen molar-refractivity contribution in [2.45, 2.75) is 19.9 Å². The second kappa shape index (κ2) is 11.2. The summed E-state index contributed by atoms with van der Waals surface area (Å²) in [5, 5.41) is 31.8. The number of benzene rings is 3. The average molecular weight is 503 g/mol. The molecular weight excluding hydrogens is 476 g/mol. The molecule has 3 aromatic carbocycles. The number of nitrogens with one attached hydrogen (secondary N) is 3. The molecule has 0 bridgehead atoms. The summed E-state index contributed by atoms with van der Waals surface area (Å²) in [6.07, 6.45) is 0. The summed E-state index contributed by atoms with van der Waals surface area (Å²) in [7, 11) is 0. The zero-order chi connectivity index (χ0) is 27.3. The molecule has 37 heavy (non-hydrogen) atoms. The highest BCUT2D eigenvalue weighted by Crippen LogP contribution is 2.29. The zero-order valence-electron chi connectivity index (χ0n) is 20.1. The Bertz CT molecular complexity index is 1380. The summed E-state index contributed by atoms with van der Waals surface area (Å²) >= 11 is 0. The Morgan fingerprint density at radius 2 is 1.41 bits per heavy atom. The monoisotopic (exact) mass is 502 g/mol. The van der Waals surface area contributed by atoms with Crippen LogP contribution in [-0.2, 0) is 4.79 Å². The minimum atomic E-state index is -1.32. The molecular formula is C27H26N4O6. The number of amidine groups is 1. The van der Waals surface area contributed by atoms with Crippen molar-refractivity contribution in [2.75, 3.05) is 5.32 Å². The average Bonchev–Trinajstić information content (AvgIpc) is 2.86. The molecule has 0 saturated heterocycles. The Morgan fingerprint density at radius 3 is 1.97 bits per heavy atom. The molecule has 0 aliphatic heterocycles. The fraction of sp³-hybridized carbons (Fsp3) is 0.148. The number of rotatable bonds is 9. The van der Waals surface area contributed by atoms with Crippen LogP contribution in [0.4, 0.5) is 5.69 Å². The number of amides is 2. The van der Waals surface area contributed by atoms with Gasteiger partial charge in [0.15, 0.2) is 0 Å². The number of carbonyl (C=O) groups excluding carboxylic acids is 2. The summed E-state index contributed by atoms with van der Waals surface area (Å²) in [5.41, 5.74) is 6.89. The molecule has 2 amide bonds. The molecule has 1 atom stereocenters. The maximum absolute atomic E-state index is 13.1. The van der Waals surface area contributed by atoms with Crippen LogP contribution in [0, 0.1) is 11.3 Å². The van der Waals surface area contributed by atoms with Gasteiger partial charge in [0, 0.05) is 22.4 Å². The normalized spacial score (nSPS) is 11.4. The fourth-order valence-corrected chi connectivity index (χ4v) is 3.68. The first-order valence-corrected chi connectivity index (χ1v) is 11.3. The molecule has 0 radical (unpaired) electrons. The summed E-state index contributed by atoms with van der Waals surface area (Å²) in [6, 6.07) is 15.6. The third kappa shape index (κ3) is 6.17. The van der Waals surface area contributed by atoms with E-state index >= 15 is 0 Å². The van der Waals surface area contributed by atoms with Gasteiger partial charge >= 0.3 is 11.9 Å². The topological polar surface area (TPSA) is 183 Å². The SMILES string of the molecule is CC(C)C(NC(=O)c1ccc(-c2ccccc2C(=O)Nc2ccc(C(=N)N)cc2)c(C(=O)O)c1)C(=O)O. The molecule has 0 spiro atoms. The van der Waals surface area contributed by atoms with Gasteiger partial charge in [-0.1, -0.05) is 38.1 Å². The number of nitrogen functional groups attached to an aromatic ring is 1. The summed E-state index contributed by atoms with van der Waals surface area (Å²) in [4.78, 5) is 49.3. The van der Waals surface area contributed by atoms with Crippen molar-refractivity contribution in [3.63, 3.8) is 0 Å². The Labute approximate surface area is 212 Å². The predicted octanol–water partition coefficient (Wildman–Crippen LogP) is 3.43. The Hall–Kier alpha value is -4.99. The Morgan fingerprint density at radius 1 is 0.811 bits per heavy atom. The van der Waals surface area contributed by atoms with Gasteiger partial charge in [-0.2, -0.15) is 0 Å². The molecule has 3 aromatic rings. The molecule has 0 fully saturated rings. The summed E-state index contributed by atoms with van der Waals surface area (Å²) < 4.78 is 0. The molecule has 1 unspecified atom stereocenters. The quantitative estimate of drug-likeness (QED) is 0.191. The van der Waals surface area contributed by atoms with Crippen molar-refractivity contribution in [2.24, 2.45) is 11.7 Å². The van der Waals surface area contributed by atoms with Crippen LogP contribution in [0.1, 0.15) is 50.5 Å². The highest BCUT2D eigenvalue weighted by atomic mass is 16.4. The van der Waals surface area contributed by atoms with Crippen LogP contribution < -0.4 is 16.4 Å². The standard InChI is InChI=1S/C27H26N4O6/c1-14(2)22(27(36)37)31-24(32)16-9-12-19(21(13-16)26(34)35)18-5-3-4-6-20(18)25(33)30-17-10-7-15(8-11-17)23(28)29/h3-14,22H,1-2H3,(H3,28,29)(H,30,33)(H,31,32)(H,34,35)(H,36,37). The molecule has 10 nitrogen and oxygen atoms in total. The zero-order valence-corrected chi connectivity index (χ0v) is 20.1. The van der Waals surface area contributed by atoms with E-state index in [1.807, 2.05) is 0 Å². The highest BCUT2D eigenvalue weighted by Gasteiger charge is 2.25. The van der Waals surface area contributed by atoms with Gasteiger partial charge in [0.2, 0.25) is 0 Å². The number of carboxylic acid groups (broad SMARTS) is 2. The van der Waals surface area contributed by atoms with Gasteiger partial charge in [-0.05, 0) is 59.5 Å². The lowest BCUT2D eigenvalue weighted by Crippen LogP contribution is -2.44. The molecule has 0 heterocycles. The number of anilines is 1. The van der Waals surface area contributed by atoms with Crippen LogP contribution in [-0.4, -0.2) is 45.8 Å². The second-order valence-corrected chi connectivity index (χ2v) is 8.59. The first-order chi connectivity index (χ1) is 17.5. The van der Waals surface area contributed by atoms with Crippen molar-refractivity contribution in [1.29, 1.82) is 5.41 Å². The maximum Gasteiger partial charge on any atom is 0.336 e. The molecule has 0 aromatic heterocycles. The van der Waals surface area contributed by atoms with Gasteiger partial charge in [0.05, 0.1) is 5.56 Å². The van der Waals surface area contributed by atoms with Crippen LogP contribution in [0.25, 0.3) is 11.1 Å². The van der Waals surface area contributed by atoms with E-state index < -0.39 is 29.8 Å². The lowest BCUT2D eigenvalue weighted by molar-refractivity contribution is -0.140. The molecule has 7 N–H and O–H groups in total. The third-order valence-electron chi connectivity index (χ3n) is 5.65. The van der Waals surface area contributed by atoms with Crippen molar-refractivity contribution in [1.82, 2.24) is 5.32 Å². The van der Waals surface area contributed by atoms with Crippen LogP contribution >= 0.6 is 0 Å². The van der Waals surface area contributed by atoms with E-state index in [4.69, 9.17) is 11.1 Å². The number of hydrogen-bond donors (Lipinski definition) is 6. The van der Waals surface area contributed by atoms with E-state index in [-0.39, 0.29) is 34.0 Å². The van der Waals surface area contributed by atoms with Crippen LogP contribution in [0.3, 0.4) is 0 Å². The molecule has 190 valence electrons. The third-order valence-corrected chi connectivity index (χ3v) is 5.65. The van der Waals surface area contributed by atoms with Gasteiger partial charge in [0.1, 0.15) is 11.9 Å². The highest BCUT2D eigenvalue weighted by molar-refractivity contribution is 6.11. The minimum Gasteiger partial charge on any atom is -0.480 e. The van der Waals surface area contributed by atoms with Gasteiger partial charge in [-0.25, -0.2) is 9.59 Å². The molecule has 0 aliphatic rings. The molecule has 10 heteroatoms. The Balaban J connectivity index is 1.96. The number of aliphatic carboxylic acids is 1. The molecule has 0 saturated carbocycles. The van der Waals surface area contributed by atoms with Gasteiger partial charge in [-0.15, -0.1) is 0 Å². The summed E-state index contributed by atoms with van der Waals surface area (Å²) in [6.45, 7) is 3.29. The predicted molar refractivity (Wildman–Crippen MR) is 138 cm³/mol. The second-order valence-electron chi connectivity index (χ2n) is 8.59. The fourth-order valence-electron chi connectivity index (χ4n) is 3.68. The first kappa shape index (κ1) is 26.6.